The molecule has 1 N–H and O–H groups in total. The Morgan fingerprint density at radius 3 is 2.48 bits per heavy atom. The lowest BCUT2D eigenvalue weighted by molar-refractivity contribution is 0.102. The number of carbonyl (C=O) groups is 1. The van der Waals surface area contributed by atoms with Crippen molar-refractivity contribution in [2.24, 2.45) is 0 Å². The summed E-state index contributed by atoms with van der Waals surface area (Å²) >= 11 is 1.22. The molecule has 3 aromatic rings. The number of hydrogen-bond donors (Lipinski definition) is 1. The van der Waals surface area contributed by atoms with Crippen molar-refractivity contribution in [2.45, 2.75) is 24.8 Å². The van der Waals surface area contributed by atoms with E-state index in [9.17, 15) is 17.6 Å². The normalized spacial score (nSPS) is 11.8. The van der Waals surface area contributed by atoms with Crippen molar-refractivity contribution in [1.82, 2.24) is 9.29 Å². The third kappa shape index (κ3) is 4.69. The van der Waals surface area contributed by atoms with Gasteiger partial charge in [-0.05, 0) is 50.2 Å². The first-order chi connectivity index (χ1) is 13.7. The Morgan fingerprint density at radius 2 is 1.86 bits per heavy atom. The molecule has 0 bridgehead atoms. The topological polar surface area (TPSA) is 79.4 Å². The minimum absolute atomic E-state index is 0.118. The van der Waals surface area contributed by atoms with Gasteiger partial charge in [0.2, 0.25) is 10.0 Å². The summed E-state index contributed by atoms with van der Waals surface area (Å²) in [7, 11) is -2.10. The Morgan fingerprint density at radius 1 is 1.17 bits per heavy atom. The van der Waals surface area contributed by atoms with Crippen LogP contribution in [-0.4, -0.2) is 36.7 Å². The maximum Gasteiger partial charge on any atom is 0.257 e. The average molecular weight is 434 g/mol. The molecule has 3 rings (SSSR count). The molecule has 9 heteroatoms. The average Bonchev–Trinajstić information content (AvgIpc) is 3.16. The zero-order valence-corrected chi connectivity index (χ0v) is 17.7. The van der Waals surface area contributed by atoms with Gasteiger partial charge < -0.3 is 0 Å². The standard InChI is InChI=1S/C20H20FN3O3S2/c1-13(2)24(3)29(26,27)17-9-7-14(8-10-17)19(25)23-20-22-18(12-28-20)15-5-4-6-16(21)11-15/h4-13H,1-3H3,(H,22,23,25). The van der Waals surface area contributed by atoms with Crippen LogP contribution >= 0.6 is 11.3 Å². The fourth-order valence-electron chi connectivity index (χ4n) is 2.50. The van der Waals surface area contributed by atoms with Gasteiger partial charge in [-0.25, -0.2) is 17.8 Å². The van der Waals surface area contributed by atoms with Crippen LogP contribution < -0.4 is 5.32 Å². The third-order valence-electron chi connectivity index (χ3n) is 4.37. The maximum atomic E-state index is 13.4. The molecule has 1 amide bonds. The van der Waals surface area contributed by atoms with E-state index in [1.165, 1.54) is 59.1 Å². The summed E-state index contributed by atoms with van der Waals surface area (Å²) in [4.78, 5) is 16.9. The summed E-state index contributed by atoms with van der Waals surface area (Å²) in [6, 6.07) is 11.6. The first-order valence-electron chi connectivity index (χ1n) is 8.79. The number of benzene rings is 2. The third-order valence-corrected chi connectivity index (χ3v) is 7.17. The van der Waals surface area contributed by atoms with E-state index in [4.69, 9.17) is 0 Å². The van der Waals surface area contributed by atoms with Gasteiger partial charge in [-0.15, -0.1) is 11.3 Å². The molecule has 152 valence electrons. The van der Waals surface area contributed by atoms with Gasteiger partial charge >= 0.3 is 0 Å². The molecule has 1 aromatic heterocycles. The molecular formula is C20H20FN3O3S2. The number of carbonyl (C=O) groups excluding carboxylic acids is 1. The lowest BCUT2D eigenvalue weighted by atomic mass is 10.2. The predicted octanol–water partition coefficient (Wildman–Crippen LogP) is 4.23. The Bertz CT molecular complexity index is 1130. The van der Waals surface area contributed by atoms with E-state index in [2.05, 4.69) is 10.3 Å². The van der Waals surface area contributed by atoms with Crippen molar-refractivity contribution >= 4 is 32.4 Å². The Labute approximate surface area is 173 Å². The number of aromatic nitrogens is 1. The van der Waals surface area contributed by atoms with Crippen molar-refractivity contribution in [2.75, 3.05) is 12.4 Å². The number of halogens is 1. The first kappa shape index (κ1) is 21.1. The van der Waals surface area contributed by atoms with Gasteiger partial charge in [0, 0.05) is 29.6 Å². The molecule has 0 radical (unpaired) electrons. The van der Waals surface area contributed by atoms with Gasteiger partial charge in [-0.3, -0.25) is 10.1 Å². The van der Waals surface area contributed by atoms with E-state index < -0.39 is 15.9 Å². The molecular weight excluding hydrogens is 413 g/mol. The fourth-order valence-corrected chi connectivity index (χ4v) is 4.59. The number of amides is 1. The van der Waals surface area contributed by atoms with Crippen LogP contribution in [0.25, 0.3) is 11.3 Å². The van der Waals surface area contributed by atoms with Crippen LogP contribution in [-0.2, 0) is 10.0 Å². The summed E-state index contributed by atoms with van der Waals surface area (Å²) in [6.45, 7) is 3.57. The van der Waals surface area contributed by atoms with Crippen LogP contribution in [0, 0.1) is 5.82 Å². The molecule has 2 aromatic carbocycles. The summed E-state index contributed by atoms with van der Waals surface area (Å²) in [6.07, 6.45) is 0. The minimum Gasteiger partial charge on any atom is -0.298 e. The number of nitrogens with one attached hydrogen (secondary N) is 1. The molecule has 29 heavy (non-hydrogen) atoms. The van der Waals surface area contributed by atoms with Crippen molar-refractivity contribution in [3.05, 3.63) is 65.3 Å². The molecule has 0 atom stereocenters. The maximum absolute atomic E-state index is 13.4. The van der Waals surface area contributed by atoms with Crippen LogP contribution in [0.1, 0.15) is 24.2 Å². The largest absolute Gasteiger partial charge is 0.298 e. The quantitative estimate of drug-likeness (QED) is 0.631. The van der Waals surface area contributed by atoms with Gasteiger partial charge in [-0.2, -0.15) is 4.31 Å². The number of rotatable bonds is 6. The number of anilines is 1. The number of hydrogen-bond acceptors (Lipinski definition) is 5. The van der Waals surface area contributed by atoms with Crippen LogP contribution in [0.15, 0.2) is 58.8 Å². The molecule has 6 nitrogen and oxygen atoms in total. The van der Waals surface area contributed by atoms with Crippen molar-refractivity contribution in [3.8, 4) is 11.3 Å². The molecule has 0 saturated heterocycles. The molecule has 0 saturated carbocycles. The van der Waals surface area contributed by atoms with Gasteiger partial charge in [0.05, 0.1) is 10.6 Å². The van der Waals surface area contributed by atoms with Crippen LogP contribution in [0.2, 0.25) is 0 Å². The molecule has 1 heterocycles. The Balaban J connectivity index is 1.74. The second-order valence-corrected chi connectivity index (χ2v) is 9.50. The predicted molar refractivity (Wildman–Crippen MR) is 112 cm³/mol. The lowest BCUT2D eigenvalue weighted by Crippen LogP contribution is -2.33. The SMILES string of the molecule is CC(C)N(C)S(=O)(=O)c1ccc(C(=O)Nc2nc(-c3cccc(F)c3)cs2)cc1. The zero-order valence-electron chi connectivity index (χ0n) is 16.1. The number of sulfonamides is 1. The molecule has 0 aliphatic carbocycles. The van der Waals surface area contributed by atoms with Gasteiger partial charge in [0.1, 0.15) is 5.82 Å². The van der Waals surface area contributed by atoms with Crippen LogP contribution in [0.5, 0.6) is 0 Å². The monoisotopic (exact) mass is 433 g/mol. The first-order valence-corrected chi connectivity index (χ1v) is 11.1. The van der Waals surface area contributed by atoms with E-state index in [0.717, 1.165) is 0 Å². The summed E-state index contributed by atoms with van der Waals surface area (Å²) in [5.41, 5.74) is 1.48. The van der Waals surface area contributed by atoms with Gasteiger partial charge in [0.25, 0.3) is 5.91 Å². The molecule has 0 fully saturated rings. The highest BCUT2D eigenvalue weighted by atomic mass is 32.2. The number of nitrogens with zero attached hydrogens (tertiary/aromatic N) is 2. The molecule has 0 spiro atoms. The lowest BCUT2D eigenvalue weighted by Gasteiger charge is -2.20. The minimum atomic E-state index is -3.61. The zero-order chi connectivity index (χ0) is 21.2. The van der Waals surface area contributed by atoms with E-state index >= 15 is 0 Å². The van der Waals surface area contributed by atoms with Crippen LogP contribution in [0.4, 0.5) is 9.52 Å². The number of thiazole rings is 1. The van der Waals surface area contributed by atoms with E-state index in [-0.39, 0.29) is 16.8 Å². The molecule has 0 aliphatic heterocycles. The summed E-state index contributed by atoms with van der Waals surface area (Å²) in [5, 5.41) is 4.77. The van der Waals surface area contributed by atoms with E-state index in [1.54, 1.807) is 31.4 Å². The van der Waals surface area contributed by atoms with E-state index in [0.29, 0.717) is 22.0 Å². The van der Waals surface area contributed by atoms with Crippen LogP contribution in [0.3, 0.4) is 0 Å². The highest BCUT2D eigenvalue weighted by Gasteiger charge is 2.23. The second kappa shape index (κ2) is 8.40. The second-order valence-electron chi connectivity index (χ2n) is 6.64. The highest BCUT2D eigenvalue weighted by Crippen LogP contribution is 2.26. The summed E-state index contributed by atoms with van der Waals surface area (Å²) < 4.78 is 39.6. The van der Waals surface area contributed by atoms with E-state index in [1.807, 2.05) is 0 Å². The van der Waals surface area contributed by atoms with Crippen molar-refractivity contribution in [1.29, 1.82) is 0 Å². The van der Waals surface area contributed by atoms with Gasteiger partial charge in [-0.1, -0.05) is 12.1 Å². The Hall–Kier alpha value is -2.62. The van der Waals surface area contributed by atoms with Gasteiger partial charge in [0.15, 0.2) is 5.13 Å². The molecule has 0 aliphatic rings. The van der Waals surface area contributed by atoms with Crippen molar-refractivity contribution < 1.29 is 17.6 Å². The Kier molecular flexibility index (Phi) is 6.11. The van der Waals surface area contributed by atoms with Crippen molar-refractivity contribution in [3.63, 3.8) is 0 Å². The fraction of sp³-hybridized carbons (Fsp3) is 0.200. The summed E-state index contributed by atoms with van der Waals surface area (Å²) in [5.74, 6) is -0.773. The highest BCUT2D eigenvalue weighted by molar-refractivity contribution is 7.89. The smallest absolute Gasteiger partial charge is 0.257 e. The molecule has 0 unspecified atom stereocenters.